The molecule has 0 radical (unpaired) electrons. The Hall–Kier alpha value is -1.05. The van der Waals surface area contributed by atoms with Gasteiger partial charge in [-0.25, -0.2) is 0 Å². The average molecular weight is 441 g/mol. The van der Waals surface area contributed by atoms with E-state index in [0.29, 0.717) is 5.92 Å². The van der Waals surface area contributed by atoms with Crippen LogP contribution in [0.4, 0.5) is 0 Å². The summed E-state index contributed by atoms with van der Waals surface area (Å²) in [5, 5.41) is 3.44. The molecule has 0 spiro atoms. The number of nitrogens with one attached hydrogen (secondary N) is 1. The van der Waals surface area contributed by atoms with E-state index >= 15 is 0 Å². The summed E-state index contributed by atoms with van der Waals surface area (Å²) in [5.74, 6) is 1.54. The molecule has 0 saturated carbocycles. The van der Waals surface area contributed by atoms with Gasteiger partial charge in [-0.3, -0.25) is 4.99 Å². The van der Waals surface area contributed by atoms with Gasteiger partial charge in [0.15, 0.2) is 5.96 Å². The van der Waals surface area contributed by atoms with E-state index in [0.717, 1.165) is 36.6 Å². The molecule has 0 aliphatic carbocycles. The molecule has 1 atom stereocenters. The Morgan fingerprint density at radius 1 is 1.26 bits per heavy atom. The molecule has 7 heteroatoms. The van der Waals surface area contributed by atoms with Crippen molar-refractivity contribution >= 4 is 21.9 Å². The highest BCUT2D eigenvalue weighted by Crippen LogP contribution is 2.15. The first-order valence-electron chi connectivity index (χ1n) is 10.2. The average Bonchev–Trinajstić information content (AvgIpc) is 2.96. The van der Waals surface area contributed by atoms with Crippen molar-refractivity contribution < 1.29 is 0 Å². The van der Waals surface area contributed by atoms with Gasteiger partial charge in [0.25, 0.3) is 0 Å². The summed E-state index contributed by atoms with van der Waals surface area (Å²) in [4.78, 5) is 12.2. The van der Waals surface area contributed by atoms with Crippen LogP contribution in [0.2, 0.25) is 0 Å². The van der Waals surface area contributed by atoms with E-state index in [1.54, 1.807) is 0 Å². The third-order valence-electron chi connectivity index (χ3n) is 5.20. The van der Waals surface area contributed by atoms with Crippen molar-refractivity contribution in [2.75, 3.05) is 59.4 Å². The summed E-state index contributed by atoms with van der Waals surface area (Å²) in [6.45, 7) is 16.3. The number of likely N-dealkylation sites (N-methyl/N-ethyl adjacent to an activating group) is 1. The number of aryl methyl sites for hydroxylation is 1. The molecular formula is C20H37BrN6. The highest BCUT2D eigenvalue weighted by atomic mass is 79.9. The molecule has 1 aromatic heterocycles. The van der Waals surface area contributed by atoms with Gasteiger partial charge in [0, 0.05) is 76.3 Å². The fraction of sp³-hybridized carbons (Fsp3) is 0.750. The third-order valence-corrected chi connectivity index (χ3v) is 5.64. The third kappa shape index (κ3) is 7.12. The van der Waals surface area contributed by atoms with Crippen LogP contribution in [0.5, 0.6) is 0 Å². The van der Waals surface area contributed by atoms with Crippen molar-refractivity contribution in [2.24, 2.45) is 18.0 Å². The molecular weight excluding hydrogens is 404 g/mol. The number of piperazine rings is 1. The van der Waals surface area contributed by atoms with Crippen molar-refractivity contribution in [3.05, 3.63) is 22.4 Å². The highest BCUT2D eigenvalue weighted by Gasteiger charge is 2.17. The number of halogens is 1. The Labute approximate surface area is 173 Å². The van der Waals surface area contributed by atoms with Gasteiger partial charge in [-0.05, 0) is 41.4 Å². The zero-order valence-electron chi connectivity index (χ0n) is 17.7. The second-order valence-corrected chi connectivity index (χ2v) is 8.57. The molecule has 0 aromatic carbocycles. The quantitative estimate of drug-likeness (QED) is 0.497. The lowest BCUT2D eigenvalue weighted by Gasteiger charge is -2.35. The van der Waals surface area contributed by atoms with E-state index in [1.165, 1.54) is 38.4 Å². The zero-order chi connectivity index (χ0) is 19.8. The van der Waals surface area contributed by atoms with Crippen molar-refractivity contribution in [1.82, 2.24) is 24.6 Å². The Balaban J connectivity index is 1.87. The molecule has 27 heavy (non-hydrogen) atoms. The molecule has 1 aliphatic heterocycles. The smallest absolute Gasteiger partial charge is 0.194 e. The van der Waals surface area contributed by atoms with Crippen LogP contribution in [0.25, 0.3) is 0 Å². The number of aliphatic imine (C=N–C) groups is 1. The van der Waals surface area contributed by atoms with Gasteiger partial charge < -0.3 is 24.6 Å². The summed E-state index contributed by atoms with van der Waals surface area (Å²) < 4.78 is 3.27. The standard InChI is InChI=1S/C20H37BrN6/c1-6-22-20(25(5)16-19-12-18(21)15-24(19)4)23-13-17(3)14-27-10-8-26(7-2)9-11-27/h12,15,17H,6-11,13-14,16H2,1-5H3,(H,22,23). The normalized spacial score (nSPS) is 17.9. The molecule has 154 valence electrons. The van der Waals surface area contributed by atoms with Gasteiger partial charge in [-0.2, -0.15) is 0 Å². The number of aromatic nitrogens is 1. The Bertz CT molecular complexity index is 591. The maximum Gasteiger partial charge on any atom is 0.194 e. The minimum atomic E-state index is 0.560. The number of guanidine groups is 1. The lowest BCUT2D eigenvalue weighted by Crippen LogP contribution is -2.47. The van der Waals surface area contributed by atoms with Crippen molar-refractivity contribution in [1.29, 1.82) is 0 Å². The monoisotopic (exact) mass is 440 g/mol. The predicted molar refractivity (Wildman–Crippen MR) is 118 cm³/mol. The van der Waals surface area contributed by atoms with Crippen LogP contribution < -0.4 is 5.32 Å². The van der Waals surface area contributed by atoms with Gasteiger partial charge in [0.2, 0.25) is 0 Å². The molecule has 6 nitrogen and oxygen atoms in total. The Kier molecular flexibility index (Phi) is 9.12. The van der Waals surface area contributed by atoms with Crippen LogP contribution in [0, 0.1) is 5.92 Å². The van der Waals surface area contributed by atoms with Crippen LogP contribution in [0.15, 0.2) is 21.7 Å². The van der Waals surface area contributed by atoms with E-state index < -0.39 is 0 Å². The molecule has 2 rings (SSSR count). The van der Waals surface area contributed by atoms with Crippen molar-refractivity contribution in [3.8, 4) is 0 Å². The molecule has 2 heterocycles. The Morgan fingerprint density at radius 2 is 1.93 bits per heavy atom. The molecule has 0 amide bonds. The highest BCUT2D eigenvalue weighted by molar-refractivity contribution is 9.10. The fourth-order valence-electron chi connectivity index (χ4n) is 3.54. The minimum absolute atomic E-state index is 0.560. The lowest BCUT2D eigenvalue weighted by molar-refractivity contribution is 0.125. The topological polar surface area (TPSA) is 39.0 Å². The van der Waals surface area contributed by atoms with Crippen LogP contribution in [-0.4, -0.2) is 84.6 Å². The van der Waals surface area contributed by atoms with E-state index in [-0.39, 0.29) is 0 Å². The van der Waals surface area contributed by atoms with Crippen molar-refractivity contribution in [3.63, 3.8) is 0 Å². The summed E-state index contributed by atoms with van der Waals surface area (Å²) in [7, 11) is 4.19. The van der Waals surface area contributed by atoms with Gasteiger partial charge in [-0.1, -0.05) is 13.8 Å². The van der Waals surface area contributed by atoms with E-state index in [4.69, 9.17) is 4.99 Å². The molecule has 1 fully saturated rings. The molecule has 1 aromatic rings. The SMILES string of the molecule is CCNC(=NCC(C)CN1CCN(CC)CC1)N(C)Cc1cc(Br)cn1C. The summed E-state index contributed by atoms with van der Waals surface area (Å²) in [5.41, 5.74) is 1.26. The fourth-order valence-corrected chi connectivity index (χ4v) is 4.11. The van der Waals surface area contributed by atoms with Gasteiger partial charge in [0.05, 0.1) is 6.54 Å². The predicted octanol–water partition coefficient (Wildman–Crippen LogP) is 2.46. The lowest BCUT2D eigenvalue weighted by atomic mass is 10.1. The molecule has 1 saturated heterocycles. The van der Waals surface area contributed by atoms with E-state index in [9.17, 15) is 0 Å². The van der Waals surface area contributed by atoms with Gasteiger partial charge in [-0.15, -0.1) is 0 Å². The van der Waals surface area contributed by atoms with Crippen molar-refractivity contribution in [2.45, 2.75) is 27.3 Å². The first-order chi connectivity index (χ1) is 12.9. The second-order valence-electron chi connectivity index (χ2n) is 7.65. The van der Waals surface area contributed by atoms with Crippen LogP contribution in [0.1, 0.15) is 26.5 Å². The van der Waals surface area contributed by atoms with E-state index in [1.807, 2.05) is 0 Å². The van der Waals surface area contributed by atoms with Gasteiger partial charge in [0.1, 0.15) is 0 Å². The van der Waals surface area contributed by atoms with Crippen LogP contribution in [-0.2, 0) is 13.6 Å². The Morgan fingerprint density at radius 3 is 2.48 bits per heavy atom. The summed E-state index contributed by atoms with van der Waals surface area (Å²) in [6.07, 6.45) is 2.09. The first kappa shape index (κ1) is 22.2. The zero-order valence-corrected chi connectivity index (χ0v) is 19.3. The second kappa shape index (κ2) is 11.1. The largest absolute Gasteiger partial charge is 0.357 e. The molecule has 1 N–H and O–H groups in total. The maximum atomic E-state index is 4.92. The molecule has 1 aliphatic rings. The molecule has 0 bridgehead atoms. The number of hydrogen-bond donors (Lipinski definition) is 1. The van der Waals surface area contributed by atoms with E-state index in [2.05, 4.69) is 87.6 Å². The summed E-state index contributed by atoms with van der Waals surface area (Å²) >= 11 is 3.55. The first-order valence-corrected chi connectivity index (χ1v) is 11.0. The minimum Gasteiger partial charge on any atom is -0.357 e. The summed E-state index contributed by atoms with van der Waals surface area (Å²) in [6, 6.07) is 2.17. The number of rotatable bonds is 8. The van der Waals surface area contributed by atoms with Crippen LogP contribution >= 0.6 is 15.9 Å². The number of nitrogens with zero attached hydrogens (tertiary/aromatic N) is 5. The van der Waals surface area contributed by atoms with Gasteiger partial charge >= 0.3 is 0 Å². The van der Waals surface area contributed by atoms with Crippen LogP contribution in [0.3, 0.4) is 0 Å². The molecule has 1 unspecified atom stereocenters. The number of hydrogen-bond acceptors (Lipinski definition) is 3. The maximum absolute atomic E-state index is 4.92.